The first-order chi connectivity index (χ1) is 17.4. The van der Waals surface area contributed by atoms with Crippen molar-refractivity contribution in [3.63, 3.8) is 0 Å². The first-order valence-electron chi connectivity index (χ1n) is 14.8. The maximum atomic E-state index is 12.3. The van der Waals surface area contributed by atoms with Gasteiger partial charge in [-0.15, -0.1) is 0 Å². The second-order valence-corrected chi connectivity index (χ2v) is 13.0. The molecule has 0 fully saturated rings. The van der Waals surface area contributed by atoms with Crippen molar-refractivity contribution in [3.8, 4) is 11.5 Å². The van der Waals surface area contributed by atoms with E-state index in [0.29, 0.717) is 5.75 Å². The zero-order chi connectivity index (χ0) is 27.8. The van der Waals surface area contributed by atoms with E-state index in [-0.39, 0.29) is 11.4 Å². The summed E-state index contributed by atoms with van der Waals surface area (Å²) in [5.74, 6) is 3.91. The second-order valence-electron chi connectivity index (χ2n) is 12.6. The minimum Gasteiger partial charge on any atom is -0.487 e. The van der Waals surface area contributed by atoms with E-state index >= 15 is 0 Å². The van der Waals surface area contributed by atoms with Crippen LogP contribution in [0, 0.1) is 38.5 Å². The van der Waals surface area contributed by atoms with Gasteiger partial charge in [0.25, 0.3) is 0 Å². The zero-order valence-corrected chi connectivity index (χ0v) is 25.9. The minimum atomic E-state index is -0.724. The molecule has 0 bridgehead atoms. The summed E-state index contributed by atoms with van der Waals surface area (Å²) in [5.41, 5.74) is 9.86. The van der Waals surface area contributed by atoms with Crippen molar-refractivity contribution < 1.29 is 14.3 Å². The van der Waals surface area contributed by atoms with Crippen LogP contribution in [0.4, 0.5) is 0 Å². The van der Waals surface area contributed by atoms with Gasteiger partial charge in [-0.05, 0) is 87.8 Å². The molecule has 0 saturated heterocycles. The summed E-state index contributed by atoms with van der Waals surface area (Å²) in [6, 6.07) is -0.724. The van der Waals surface area contributed by atoms with Crippen LogP contribution in [0.15, 0.2) is 0 Å². The van der Waals surface area contributed by atoms with E-state index in [2.05, 4.69) is 54.2 Å². The fraction of sp³-hybridized carbons (Fsp3) is 0.781. The number of esters is 1. The molecule has 5 heteroatoms. The predicted molar refractivity (Wildman–Crippen MR) is 160 cm³/mol. The average molecular weight is 534 g/mol. The molecule has 4 nitrogen and oxygen atoms in total. The Morgan fingerprint density at radius 1 is 0.946 bits per heavy atom. The molecular weight excluding hydrogens is 478 g/mol. The summed E-state index contributed by atoms with van der Waals surface area (Å²) in [7, 11) is 0. The highest BCUT2D eigenvalue weighted by Crippen LogP contribution is 2.45. The maximum absolute atomic E-state index is 12.3. The lowest BCUT2D eigenvalue weighted by molar-refractivity contribution is -0.135. The highest BCUT2D eigenvalue weighted by atomic mass is 32.1. The van der Waals surface area contributed by atoms with Gasteiger partial charge in [0, 0.05) is 11.3 Å². The molecular formula is C32H55NO3S. The molecule has 212 valence electrons. The summed E-state index contributed by atoms with van der Waals surface area (Å²) >= 11 is 4.13. The Bertz CT molecular complexity index is 884. The summed E-state index contributed by atoms with van der Waals surface area (Å²) < 4.78 is 12.4. The van der Waals surface area contributed by atoms with Gasteiger partial charge in [0.1, 0.15) is 23.1 Å². The third-order valence-electron chi connectivity index (χ3n) is 8.54. The molecule has 2 N–H and O–H groups in total. The van der Waals surface area contributed by atoms with Gasteiger partial charge in [0.15, 0.2) is 0 Å². The molecule has 1 aliphatic heterocycles. The van der Waals surface area contributed by atoms with Crippen LogP contribution >= 0.6 is 12.6 Å². The lowest BCUT2D eigenvalue weighted by Crippen LogP contribution is -2.38. The smallest absolute Gasteiger partial charge is 0.329 e. The van der Waals surface area contributed by atoms with E-state index < -0.39 is 12.0 Å². The number of carbonyl (C=O) groups excluding carboxylic acids is 1. The van der Waals surface area contributed by atoms with E-state index in [1.807, 2.05) is 13.8 Å². The molecule has 0 aliphatic carbocycles. The van der Waals surface area contributed by atoms with Crippen molar-refractivity contribution in [2.75, 3.05) is 5.75 Å². The van der Waals surface area contributed by atoms with Gasteiger partial charge in [-0.25, -0.2) is 4.79 Å². The molecule has 0 radical (unpaired) electrons. The van der Waals surface area contributed by atoms with Crippen molar-refractivity contribution in [2.45, 2.75) is 138 Å². The van der Waals surface area contributed by atoms with Crippen LogP contribution in [-0.2, 0) is 11.2 Å². The van der Waals surface area contributed by atoms with Crippen molar-refractivity contribution in [3.05, 3.63) is 22.3 Å². The molecule has 4 atom stereocenters. The molecule has 0 spiro atoms. The lowest BCUT2D eigenvalue weighted by Gasteiger charge is -2.38. The Labute approximate surface area is 233 Å². The van der Waals surface area contributed by atoms with Crippen LogP contribution in [0.3, 0.4) is 0 Å². The first-order valence-corrected chi connectivity index (χ1v) is 15.4. The Balaban J connectivity index is 1.87. The van der Waals surface area contributed by atoms with Crippen LogP contribution in [0.25, 0.3) is 0 Å². The molecule has 37 heavy (non-hydrogen) atoms. The van der Waals surface area contributed by atoms with Crippen LogP contribution in [0.2, 0.25) is 0 Å². The number of thiol groups is 1. The van der Waals surface area contributed by atoms with Crippen molar-refractivity contribution >= 4 is 18.6 Å². The van der Waals surface area contributed by atoms with Gasteiger partial charge >= 0.3 is 5.97 Å². The normalized spacial score (nSPS) is 19.8. The molecule has 1 aromatic rings. The Morgan fingerprint density at radius 3 is 2.08 bits per heavy atom. The standard InChI is InChI=1S/C32H55NO3S/c1-21(2)12-9-13-22(3)14-10-15-23(4)16-11-18-32(8)19-17-27-26(7)29(35-31(34)28(33)20-37)24(5)25(6)30(27)36-32/h21-23,28,37H,9-20,33H2,1-8H3/t22-,23-,28?,32-/m1/s1. The summed E-state index contributed by atoms with van der Waals surface area (Å²) in [6.45, 7) is 17.9. The van der Waals surface area contributed by atoms with Crippen molar-refractivity contribution in [1.82, 2.24) is 0 Å². The van der Waals surface area contributed by atoms with Gasteiger partial charge in [-0.3, -0.25) is 0 Å². The van der Waals surface area contributed by atoms with E-state index in [0.717, 1.165) is 59.5 Å². The second kappa shape index (κ2) is 14.8. The summed E-state index contributed by atoms with van der Waals surface area (Å²) in [4.78, 5) is 12.3. The first kappa shape index (κ1) is 32.0. The summed E-state index contributed by atoms with van der Waals surface area (Å²) in [5, 5.41) is 0. The van der Waals surface area contributed by atoms with Crippen LogP contribution in [0.5, 0.6) is 11.5 Å². The van der Waals surface area contributed by atoms with Gasteiger partial charge in [-0.1, -0.05) is 72.6 Å². The van der Waals surface area contributed by atoms with Crippen molar-refractivity contribution in [2.24, 2.45) is 23.5 Å². The third kappa shape index (κ3) is 9.49. The molecule has 1 aliphatic rings. The van der Waals surface area contributed by atoms with Crippen LogP contribution in [-0.4, -0.2) is 23.4 Å². The monoisotopic (exact) mass is 533 g/mol. The number of hydrogen-bond donors (Lipinski definition) is 2. The number of benzene rings is 1. The molecule has 1 aromatic carbocycles. The largest absolute Gasteiger partial charge is 0.487 e. The van der Waals surface area contributed by atoms with Gasteiger partial charge in [0.2, 0.25) is 0 Å². The Hall–Kier alpha value is -1.20. The Kier molecular flexibility index (Phi) is 12.8. The number of nitrogens with two attached hydrogens (primary N) is 1. The number of hydrogen-bond acceptors (Lipinski definition) is 5. The minimum absolute atomic E-state index is 0.145. The average Bonchev–Trinajstić information content (AvgIpc) is 2.84. The molecule has 0 aromatic heterocycles. The molecule has 0 amide bonds. The molecule has 0 saturated carbocycles. The van der Waals surface area contributed by atoms with Crippen LogP contribution < -0.4 is 15.2 Å². The predicted octanol–water partition coefficient (Wildman–Crippen LogP) is 8.30. The highest BCUT2D eigenvalue weighted by molar-refractivity contribution is 7.80. The highest BCUT2D eigenvalue weighted by Gasteiger charge is 2.35. The fourth-order valence-corrected chi connectivity index (χ4v) is 5.81. The van der Waals surface area contributed by atoms with Crippen molar-refractivity contribution in [1.29, 1.82) is 0 Å². The molecule has 1 heterocycles. The fourth-order valence-electron chi connectivity index (χ4n) is 5.66. The van der Waals surface area contributed by atoms with Gasteiger partial charge in [0.05, 0.1) is 0 Å². The van der Waals surface area contributed by atoms with Crippen LogP contribution in [0.1, 0.15) is 121 Å². The maximum Gasteiger partial charge on any atom is 0.329 e. The van der Waals surface area contributed by atoms with Gasteiger partial charge in [-0.2, -0.15) is 12.6 Å². The summed E-state index contributed by atoms with van der Waals surface area (Å²) in [6.07, 6.45) is 13.7. The molecule has 2 rings (SSSR count). The third-order valence-corrected chi connectivity index (χ3v) is 8.93. The van der Waals surface area contributed by atoms with E-state index in [4.69, 9.17) is 15.2 Å². The van der Waals surface area contributed by atoms with E-state index in [9.17, 15) is 4.79 Å². The quantitative estimate of drug-likeness (QED) is 0.135. The van der Waals surface area contributed by atoms with E-state index in [1.165, 1.54) is 56.9 Å². The lowest BCUT2D eigenvalue weighted by atomic mass is 9.83. The zero-order valence-electron chi connectivity index (χ0n) is 25.0. The molecule has 1 unspecified atom stereocenters. The topological polar surface area (TPSA) is 61.5 Å². The SMILES string of the molecule is Cc1c(C)c2c(c(C)c1OC(=O)C(N)CS)CC[C@@](C)(CCC[C@H](C)CCC[C@H](C)CCCC(C)C)O2. The Morgan fingerprint density at radius 2 is 1.51 bits per heavy atom. The number of fused-ring (bicyclic) bond motifs is 1. The number of rotatable bonds is 15. The number of carbonyl (C=O) groups is 1. The van der Waals surface area contributed by atoms with E-state index in [1.54, 1.807) is 0 Å². The van der Waals surface area contributed by atoms with Gasteiger partial charge < -0.3 is 15.2 Å². The number of ether oxygens (including phenoxy) is 2.